The Bertz CT molecular complexity index is 840. The largest absolute Gasteiger partial charge is 0.469 e. The molecule has 3 heterocycles. The van der Waals surface area contributed by atoms with E-state index in [4.69, 9.17) is 5.21 Å². The van der Waals surface area contributed by atoms with Gasteiger partial charge in [-0.3, -0.25) is 19.6 Å². The summed E-state index contributed by atoms with van der Waals surface area (Å²) in [4.78, 5) is 58.5. The number of hydroxylamine groups is 1. The number of ether oxygens (including phenoxy) is 4. The van der Waals surface area contributed by atoms with Crippen molar-refractivity contribution in [3.05, 3.63) is 0 Å². The zero-order valence-corrected chi connectivity index (χ0v) is 29.1. The summed E-state index contributed by atoms with van der Waals surface area (Å²) in [7, 11) is 5.66. The minimum atomic E-state index is -0.336. The summed E-state index contributed by atoms with van der Waals surface area (Å²) in [6.45, 7) is 5.25. The van der Waals surface area contributed by atoms with Crippen molar-refractivity contribution in [3.63, 3.8) is 0 Å². The third-order valence-corrected chi connectivity index (χ3v) is 9.14. The number of likely N-dealkylation sites (tertiary alicyclic amines) is 2. The average Bonchev–Trinajstić information content (AvgIpc) is 3.12. The Hall–Kier alpha value is -3.13. The van der Waals surface area contributed by atoms with Crippen LogP contribution in [0.5, 0.6) is 0 Å². The Morgan fingerprint density at radius 3 is 1.30 bits per heavy atom. The summed E-state index contributed by atoms with van der Waals surface area (Å²) in [5, 5.41) is 11.7. The number of hydrogen-bond donors (Lipinski definition) is 3. The Morgan fingerprint density at radius 2 is 0.957 bits per heavy atom. The highest BCUT2D eigenvalue weighted by atomic mass is 16.5. The molecule has 3 rings (SSSR count). The molecule has 0 radical (unpaired) electrons. The van der Waals surface area contributed by atoms with E-state index in [1.807, 2.05) is 0 Å². The smallest absolute Gasteiger partial charge is 0.409 e. The lowest BCUT2D eigenvalue weighted by Crippen LogP contribution is -2.38. The first kappa shape index (κ1) is 41.9. The lowest BCUT2D eigenvalue weighted by atomic mass is 9.92. The third-order valence-electron chi connectivity index (χ3n) is 9.14. The highest BCUT2D eigenvalue weighted by Crippen LogP contribution is 2.24. The summed E-state index contributed by atoms with van der Waals surface area (Å²) < 4.78 is 18.5. The van der Waals surface area contributed by atoms with Crippen molar-refractivity contribution in [2.24, 2.45) is 17.8 Å². The second-order valence-electron chi connectivity index (χ2n) is 12.4. The standard InChI is InChI=1S/C12H21NO4.C11H20N2O4.C10H19NO2/c1-16-11(14)5-3-4-10-6-8-13(9-7-10)12(15)17-2;1-17-11(15)13-7-5-9(6-8-13)3-2-4-10(14)12-16;1-13-10(12)4-2-3-9-5-7-11-8-6-9/h10H,3-9H2,1-2H3;9,16H,2-8H2,1H3,(H,12,14);9,11H,2-8H2,1H3. The van der Waals surface area contributed by atoms with Gasteiger partial charge in [-0.25, -0.2) is 15.1 Å². The number of amides is 3. The molecular formula is C33H60N4O10. The Balaban J connectivity index is 0.000000356. The quantitative estimate of drug-likeness (QED) is 0.117. The number of nitrogens with zero attached hydrogens (tertiary/aromatic N) is 2. The molecule has 272 valence electrons. The predicted octanol–water partition coefficient (Wildman–Crippen LogP) is 4.28. The molecule has 3 aliphatic rings. The zero-order chi connectivity index (χ0) is 34.9. The molecule has 3 N–H and O–H groups in total. The molecule has 0 bridgehead atoms. The van der Waals surface area contributed by atoms with E-state index < -0.39 is 0 Å². The van der Waals surface area contributed by atoms with Crippen LogP contribution < -0.4 is 10.8 Å². The number of carbonyl (C=O) groups excluding carboxylic acids is 5. The van der Waals surface area contributed by atoms with Crippen molar-refractivity contribution in [2.75, 3.05) is 67.7 Å². The first-order valence-corrected chi connectivity index (χ1v) is 17.1. The van der Waals surface area contributed by atoms with Crippen molar-refractivity contribution in [1.29, 1.82) is 0 Å². The van der Waals surface area contributed by atoms with E-state index >= 15 is 0 Å². The maximum Gasteiger partial charge on any atom is 0.409 e. The van der Waals surface area contributed by atoms with Crippen LogP contribution in [0, 0.1) is 17.8 Å². The number of methoxy groups -OCH3 is 4. The van der Waals surface area contributed by atoms with Crippen LogP contribution in [0.4, 0.5) is 9.59 Å². The van der Waals surface area contributed by atoms with Gasteiger partial charge in [-0.05, 0) is 108 Å². The van der Waals surface area contributed by atoms with E-state index in [0.29, 0.717) is 31.1 Å². The van der Waals surface area contributed by atoms with Gasteiger partial charge >= 0.3 is 24.1 Å². The molecular weight excluding hydrogens is 612 g/mol. The summed E-state index contributed by atoms with van der Waals surface area (Å²) in [6.07, 6.45) is 13.2. The number of rotatable bonds is 12. The van der Waals surface area contributed by atoms with Crippen LogP contribution in [0.1, 0.15) is 96.3 Å². The molecule has 0 spiro atoms. The van der Waals surface area contributed by atoms with E-state index in [0.717, 1.165) is 103 Å². The molecule has 14 heteroatoms. The maximum atomic E-state index is 11.3. The number of esters is 2. The maximum absolute atomic E-state index is 11.3. The van der Waals surface area contributed by atoms with E-state index in [-0.39, 0.29) is 30.0 Å². The van der Waals surface area contributed by atoms with Gasteiger partial charge in [-0.15, -0.1) is 0 Å². The molecule has 0 saturated carbocycles. The van der Waals surface area contributed by atoms with Crippen molar-refractivity contribution in [3.8, 4) is 0 Å². The summed E-state index contributed by atoms with van der Waals surface area (Å²) in [6, 6.07) is 0. The van der Waals surface area contributed by atoms with Gasteiger partial charge < -0.3 is 34.1 Å². The predicted molar refractivity (Wildman–Crippen MR) is 175 cm³/mol. The molecule has 3 amide bonds. The summed E-state index contributed by atoms with van der Waals surface area (Å²) >= 11 is 0. The fraction of sp³-hybridized carbons (Fsp3) is 0.848. The van der Waals surface area contributed by atoms with E-state index in [9.17, 15) is 24.0 Å². The molecule has 0 atom stereocenters. The number of piperidine rings is 3. The zero-order valence-electron chi connectivity index (χ0n) is 29.1. The first-order valence-electron chi connectivity index (χ1n) is 17.1. The summed E-state index contributed by atoms with van der Waals surface area (Å²) in [5.41, 5.74) is 1.62. The molecule has 3 saturated heterocycles. The van der Waals surface area contributed by atoms with E-state index in [1.54, 1.807) is 15.3 Å². The lowest BCUT2D eigenvalue weighted by molar-refractivity contribution is -0.141. The van der Waals surface area contributed by atoms with Crippen molar-refractivity contribution in [1.82, 2.24) is 20.6 Å². The van der Waals surface area contributed by atoms with Crippen LogP contribution >= 0.6 is 0 Å². The van der Waals surface area contributed by atoms with Crippen LogP contribution in [0.15, 0.2) is 0 Å². The topological polar surface area (TPSA) is 173 Å². The van der Waals surface area contributed by atoms with Gasteiger partial charge in [0, 0.05) is 45.4 Å². The lowest BCUT2D eigenvalue weighted by Gasteiger charge is -2.30. The van der Waals surface area contributed by atoms with E-state index in [2.05, 4.69) is 24.3 Å². The van der Waals surface area contributed by atoms with Crippen LogP contribution in [-0.4, -0.2) is 113 Å². The molecule has 3 aliphatic heterocycles. The minimum Gasteiger partial charge on any atom is -0.469 e. The van der Waals surface area contributed by atoms with Gasteiger partial charge in [-0.2, -0.15) is 0 Å². The number of nitrogens with one attached hydrogen (secondary N) is 2. The van der Waals surface area contributed by atoms with Gasteiger partial charge in [-0.1, -0.05) is 0 Å². The van der Waals surface area contributed by atoms with E-state index in [1.165, 1.54) is 47.7 Å². The van der Waals surface area contributed by atoms with Crippen LogP contribution in [0.25, 0.3) is 0 Å². The second kappa shape index (κ2) is 25.9. The molecule has 0 aliphatic carbocycles. The van der Waals surface area contributed by atoms with Crippen molar-refractivity contribution < 1.29 is 48.1 Å². The monoisotopic (exact) mass is 672 g/mol. The minimum absolute atomic E-state index is 0.0751. The molecule has 0 aromatic carbocycles. The molecule has 3 fully saturated rings. The van der Waals surface area contributed by atoms with Gasteiger partial charge in [0.05, 0.1) is 28.4 Å². The normalized spacial score (nSPS) is 17.2. The Labute approximate surface area is 280 Å². The molecule has 14 nitrogen and oxygen atoms in total. The first-order chi connectivity index (χ1) is 22.7. The highest BCUT2D eigenvalue weighted by molar-refractivity contribution is 5.74. The SMILES string of the molecule is COC(=O)CCCC1CCN(C(=O)OC)CC1.COC(=O)CCCC1CCNCC1.COC(=O)N1CCC(CCCC(=O)NO)CC1. The fourth-order valence-corrected chi connectivity index (χ4v) is 6.12. The Morgan fingerprint density at radius 1 is 0.596 bits per heavy atom. The summed E-state index contributed by atoms with van der Waals surface area (Å²) in [5.74, 6) is 1.44. The van der Waals surface area contributed by atoms with Crippen LogP contribution in [-0.2, 0) is 33.3 Å². The molecule has 0 aromatic heterocycles. The number of hydrogen-bond acceptors (Lipinski definition) is 11. The van der Waals surface area contributed by atoms with Gasteiger partial charge in [0.1, 0.15) is 0 Å². The van der Waals surface area contributed by atoms with Crippen LogP contribution in [0.3, 0.4) is 0 Å². The van der Waals surface area contributed by atoms with Gasteiger partial charge in [0.15, 0.2) is 0 Å². The van der Waals surface area contributed by atoms with Crippen LogP contribution in [0.2, 0.25) is 0 Å². The fourth-order valence-electron chi connectivity index (χ4n) is 6.12. The third kappa shape index (κ3) is 19.3. The average molecular weight is 673 g/mol. The highest BCUT2D eigenvalue weighted by Gasteiger charge is 2.24. The Kier molecular flexibility index (Phi) is 23.1. The van der Waals surface area contributed by atoms with Gasteiger partial charge in [0.2, 0.25) is 5.91 Å². The van der Waals surface area contributed by atoms with Crippen molar-refractivity contribution in [2.45, 2.75) is 96.3 Å². The molecule has 47 heavy (non-hydrogen) atoms. The number of carbonyl (C=O) groups is 5. The van der Waals surface area contributed by atoms with Crippen molar-refractivity contribution >= 4 is 30.0 Å². The molecule has 0 aromatic rings. The van der Waals surface area contributed by atoms with Gasteiger partial charge in [0.25, 0.3) is 0 Å². The molecule has 0 unspecified atom stereocenters. The second-order valence-corrected chi connectivity index (χ2v) is 12.4.